The zero-order chi connectivity index (χ0) is 28.7. The van der Waals surface area contributed by atoms with Crippen LogP contribution in [0.2, 0.25) is 10.0 Å². The van der Waals surface area contributed by atoms with Gasteiger partial charge in [0.2, 0.25) is 5.91 Å². The predicted octanol–water partition coefficient (Wildman–Crippen LogP) is 6.77. The summed E-state index contributed by atoms with van der Waals surface area (Å²) in [5.41, 5.74) is 2.45. The van der Waals surface area contributed by atoms with Crippen LogP contribution >= 0.6 is 23.2 Å². The number of aryl methyl sites for hydroxylation is 1. The minimum atomic E-state index is -4.44. The minimum Gasteiger partial charge on any atom is -0.375 e. The lowest BCUT2D eigenvalue weighted by atomic mass is 10.1. The molecular weight excluding hydrogens is 562 g/mol. The molecular formula is C30H32Cl2F3N3O2. The minimum absolute atomic E-state index is 0.0199. The number of nitrogens with one attached hydrogen (secondary N) is 1. The van der Waals surface area contributed by atoms with Crippen LogP contribution in [0.15, 0.2) is 66.7 Å². The summed E-state index contributed by atoms with van der Waals surface area (Å²) in [5, 5.41) is 4.36. The van der Waals surface area contributed by atoms with Crippen LogP contribution < -0.4 is 10.2 Å². The summed E-state index contributed by atoms with van der Waals surface area (Å²) in [4.78, 5) is 16.7. The lowest BCUT2D eigenvalue weighted by Gasteiger charge is -2.37. The maximum absolute atomic E-state index is 13.5. The average molecular weight is 595 g/mol. The van der Waals surface area contributed by atoms with E-state index in [0.29, 0.717) is 61.2 Å². The second-order valence-corrected chi connectivity index (χ2v) is 10.6. The van der Waals surface area contributed by atoms with Crippen molar-refractivity contribution >= 4 is 34.8 Å². The maximum atomic E-state index is 13.5. The SMILES string of the molecule is COC(CNCc1cc(C(F)(F)F)ccc1N1CCN(C(=O)CCc2ccc(Cl)cc2Cl)CC1)c1ccccc1. The highest BCUT2D eigenvalue weighted by molar-refractivity contribution is 6.35. The molecule has 1 heterocycles. The van der Waals surface area contributed by atoms with E-state index in [1.165, 1.54) is 12.1 Å². The van der Waals surface area contributed by atoms with Crippen LogP contribution in [0.4, 0.5) is 18.9 Å². The number of piperazine rings is 1. The fourth-order valence-corrected chi connectivity index (χ4v) is 5.38. The van der Waals surface area contributed by atoms with Crippen molar-refractivity contribution in [3.8, 4) is 0 Å². The van der Waals surface area contributed by atoms with E-state index in [-0.39, 0.29) is 18.6 Å². The molecule has 4 rings (SSSR count). The van der Waals surface area contributed by atoms with E-state index in [2.05, 4.69) is 5.32 Å². The summed E-state index contributed by atoms with van der Waals surface area (Å²) in [5.74, 6) is 0.0199. The number of methoxy groups -OCH3 is 1. The Hall–Kier alpha value is -2.78. The van der Waals surface area contributed by atoms with Gasteiger partial charge in [-0.3, -0.25) is 4.79 Å². The number of anilines is 1. The highest BCUT2D eigenvalue weighted by atomic mass is 35.5. The third kappa shape index (κ3) is 7.91. The van der Waals surface area contributed by atoms with Crippen LogP contribution in [-0.4, -0.2) is 50.6 Å². The van der Waals surface area contributed by atoms with Gasteiger partial charge in [-0.1, -0.05) is 59.6 Å². The number of carbonyl (C=O) groups is 1. The van der Waals surface area contributed by atoms with Gasteiger partial charge in [-0.15, -0.1) is 0 Å². The lowest BCUT2D eigenvalue weighted by molar-refractivity contribution is -0.137. The fourth-order valence-electron chi connectivity index (χ4n) is 4.88. The van der Waals surface area contributed by atoms with Crippen LogP contribution in [0.25, 0.3) is 0 Å². The molecule has 0 bridgehead atoms. The highest BCUT2D eigenvalue weighted by Crippen LogP contribution is 2.33. The molecule has 0 aliphatic carbocycles. The van der Waals surface area contributed by atoms with Crippen molar-refractivity contribution in [1.82, 2.24) is 10.2 Å². The largest absolute Gasteiger partial charge is 0.416 e. The molecule has 0 radical (unpaired) electrons. The van der Waals surface area contributed by atoms with Crippen LogP contribution in [0.1, 0.15) is 34.8 Å². The van der Waals surface area contributed by atoms with Gasteiger partial charge >= 0.3 is 6.18 Å². The molecule has 0 saturated carbocycles. The van der Waals surface area contributed by atoms with Crippen LogP contribution in [0.3, 0.4) is 0 Å². The summed E-state index contributed by atoms with van der Waals surface area (Å²) in [6, 6.07) is 18.8. The van der Waals surface area contributed by atoms with Gasteiger partial charge in [-0.05, 0) is 53.4 Å². The van der Waals surface area contributed by atoms with Crippen molar-refractivity contribution in [3.63, 3.8) is 0 Å². The molecule has 0 spiro atoms. The first-order valence-corrected chi connectivity index (χ1v) is 13.9. The predicted molar refractivity (Wildman–Crippen MR) is 153 cm³/mol. The molecule has 214 valence electrons. The van der Waals surface area contributed by atoms with E-state index < -0.39 is 11.7 Å². The summed E-state index contributed by atoms with van der Waals surface area (Å²) in [6.45, 7) is 2.71. The molecule has 1 unspecified atom stereocenters. The zero-order valence-corrected chi connectivity index (χ0v) is 23.7. The van der Waals surface area contributed by atoms with Gasteiger partial charge in [0, 0.05) is 68.5 Å². The molecule has 1 N–H and O–H groups in total. The fraction of sp³-hybridized carbons (Fsp3) is 0.367. The Labute approximate surface area is 242 Å². The number of alkyl halides is 3. The summed E-state index contributed by atoms with van der Waals surface area (Å²) < 4.78 is 46.2. The van der Waals surface area contributed by atoms with Gasteiger partial charge in [-0.25, -0.2) is 0 Å². The smallest absolute Gasteiger partial charge is 0.375 e. The van der Waals surface area contributed by atoms with E-state index >= 15 is 0 Å². The zero-order valence-electron chi connectivity index (χ0n) is 22.2. The summed E-state index contributed by atoms with van der Waals surface area (Å²) >= 11 is 12.2. The summed E-state index contributed by atoms with van der Waals surface area (Å²) in [7, 11) is 1.61. The van der Waals surface area contributed by atoms with Crippen molar-refractivity contribution in [2.45, 2.75) is 31.7 Å². The maximum Gasteiger partial charge on any atom is 0.416 e. The van der Waals surface area contributed by atoms with Crippen LogP contribution in [0.5, 0.6) is 0 Å². The number of hydrogen-bond acceptors (Lipinski definition) is 4. The second kappa shape index (κ2) is 13.7. The van der Waals surface area contributed by atoms with Crippen LogP contribution in [-0.2, 0) is 28.7 Å². The standard InChI is InChI=1S/C30H32Cl2F3N3O2/c1-40-28(22-5-3-2-4-6-22)20-36-19-23-17-24(30(33,34)35)9-11-27(23)37-13-15-38(16-14-37)29(39)12-8-21-7-10-25(31)18-26(21)32/h2-7,9-11,17-18,28,36H,8,12-16,19-20H2,1H3. The second-order valence-electron chi connectivity index (χ2n) is 9.71. The number of halogens is 5. The highest BCUT2D eigenvalue weighted by Gasteiger charge is 2.32. The Kier molecular flexibility index (Phi) is 10.4. The molecule has 1 fully saturated rings. The molecule has 10 heteroatoms. The molecule has 3 aromatic rings. The Morgan fingerprint density at radius 1 is 0.975 bits per heavy atom. The van der Waals surface area contributed by atoms with Gasteiger partial charge in [-0.2, -0.15) is 13.2 Å². The Morgan fingerprint density at radius 2 is 1.70 bits per heavy atom. The number of hydrogen-bond donors (Lipinski definition) is 1. The molecule has 1 aliphatic heterocycles. The van der Waals surface area contributed by atoms with Crippen molar-refractivity contribution < 1.29 is 22.7 Å². The normalized spacial score (nSPS) is 14.8. The average Bonchev–Trinajstić information content (AvgIpc) is 2.95. The van der Waals surface area contributed by atoms with Crippen LogP contribution in [0, 0.1) is 0 Å². The Balaban J connectivity index is 1.38. The number of benzene rings is 3. The van der Waals surface area contributed by atoms with E-state index in [0.717, 1.165) is 22.9 Å². The lowest BCUT2D eigenvalue weighted by Crippen LogP contribution is -2.49. The van der Waals surface area contributed by atoms with Crippen molar-refractivity contribution in [2.24, 2.45) is 0 Å². The molecule has 3 aromatic carbocycles. The third-order valence-electron chi connectivity index (χ3n) is 7.10. The van der Waals surface area contributed by atoms with E-state index in [1.807, 2.05) is 41.3 Å². The Bertz CT molecular complexity index is 1280. The summed E-state index contributed by atoms with van der Waals surface area (Å²) in [6.07, 6.45) is -3.84. The molecule has 1 amide bonds. The number of carbonyl (C=O) groups excluding carboxylic acids is 1. The third-order valence-corrected chi connectivity index (χ3v) is 7.69. The van der Waals surface area contributed by atoms with Gasteiger partial charge in [0.1, 0.15) is 0 Å². The number of amides is 1. The number of ether oxygens (including phenoxy) is 1. The van der Waals surface area contributed by atoms with Gasteiger partial charge < -0.3 is 19.9 Å². The van der Waals surface area contributed by atoms with Crippen molar-refractivity contribution in [2.75, 3.05) is 44.7 Å². The van der Waals surface area contributed by atoms with Gasteiger partial charge in [0.25, 0.3) is 0 Å². The monoisotopic (exact) mass is 593 g/mol. The first-order chi connectivity index (χ1) is 19.2. The van der Waals surface area contributed by atoms with E-state index in [9.17, 15) is 18.0 Å². The molecule has 1 aliphatic rings. The van der Waals surface area contributed by atoms with Crippen molar-refractivity contribution in [3.05, 3.63) is 99.0 Å². The molecule has 40 heavy (non-hydrogen) atoms. The topological polar surface area (TPSA) is 44.8 Å². The molecule has 1 saturated heterocycles. The molecule has 5 nitrogen and oxygen atoms in total. The first-order valence-electron chi connectivity index (χ1n) is 13.1. The Morgan fingerprint density at radius 3 is 2.35 bits per heavy atom. The van der Waals surface area contributed by atoms with Gasteiger partial charge in [0.15, 0.2) is 0 Å². The quantitative estimate of drug-likeness (QED) is 0.282. The molecule has 0 aromatic heterocycles. The number of rotatable bonds is 10. The van der Waals surface area contributed by atoms with E-state index in [4.69, 9.17) is 27.9 Å². The van der Waals surface area contributed by atoms with E-state index in [1.54, 1.807) is 24.1 Å². The number of nitrogens with zero attached hydrogens (tertiary/aromatic N) is 2. The van der Waals surface area contributed by atoms with Gasteiger partial charge in [0.05, 0.1) is 11.7 Å². The molecule has 1 atom stereocenters. The van der Waals surface area contributed by atoms with Crippen molar-refractivity contribution in [1.29, 1.82) is 0 Å². The first kappa shape index (κ1) is 30.2.